The Morgan fingerprint density at radius 2 is 1.87 bits per heavy atom. The minimum Gasteiger partial charge on any atom is -0.497 e. The van der Waals surface area contributed by atoms with Crippen molar-refractivity contribution >= 4 is 29.4 Å². The second-order valence-corrected chi connectivity index (χ2v) is 9.74. The second-order valence-electron chi connectivity index (χ2n) is 9.74. The van der Waals surface area contributed by atoms with Crippen LogP contribution in [0.4, 0.5) is 17.1 Å². The molecule has 1 saturated heterocycles. The highest BCUT2D eigenvalue weighted by atomic mass is 16.5. The van der Waals surface area contributed by atoms with Crippen molar-refractivity contribution in [3.8, 4) is 5.75 Å². The lowest BCUT2D eigenvalue weighted by atomic mass is 9.98. The summed E-state index contributed by atoms with van der Waals surface area (Å²) >= 11 is 0. The van der Waals surface area contributed by atoms with E-state index >= 15 is 0 Å². The van der Waals surface area contributed by atoms with E-state index < -0.39 is 12.1 Å². The van der Waals surface area contributed by atoms with Crippen LogP contribution in [0.1, 0.15) is 30.9 Å². The molecule has 0 saturated carbocycles. The molecule has 1 aliphatic heterocycles. The number of nitrogens with zero attached hydrogens (tertiary/aromatic N) is 2. The van der Waals surface area contributed by atoms with E-state index in [-0.39, 0.29) is 12.5 Å². The molecule has 0 bridgehead atoms. The maximum absolute atomic E-state index is 12.7. The van der Waals surface area contributed by atoms with Crippen molar-refractivity contribution in [2.45, 2.75) is 44.9 Å². The fourth-order valence-corrected chi connectivity index (χ4v) is 5.02. The van der Waals surface area contributed by atoms with Crippen LogP contribution in [0.15, 0.2) is 72.8 Å². The van der Waals surface area contributed by atoms with Crippen molar-refractivity contribution < 1.29 is 19.4 Å². The van der Waals surface area contributed by atoms with Gasteiger partial charge in [0.05, 0.1) is 19.3 Å². The third-order valence-corrected chi connectivity index (χ3v) is 6.99. The van der Waals surface area contributed by atoms with Crippen molar-refractivity contribution in [1.82, 2.24) is 5.32 Å². The van der Waals surface area contributed by atoms with E-state index in [1.54, 1.807) is 16.9 Å². The number of ether oxygens (including phenoxy) is 1. The first kappa shape index (κ1) is 28.1. The molecule has 0 unspecified atom stereocenters. The molecule has 0 aliphatic carbocycles. The highest BCUT2D eigenvalue weighted by molar-refractivity contribution is 5.97. The van der Waals surface area contributed by atoms with Gasteiger partial charge in [-0.3, -0.25) is 9.59 Å². The third kappa shape index (κ3) is 7.37. The number of carbonyl (C=O) groups excluding carboxylic acids is 2. The molecule has 3 aromatic rings. The van der Waals surface area contributed by atoms with E-state index in [0.29, 0.717) is 38.2 Å². The monoisotopic (exact) mass is 530 g/mol. The van der Waals surface area contributed by atoms with Crippen LogP contribution in [-0.2, 0) is 22.6 Å². The van der Waals surface area contributed by atoms with Crippen molar-refractivity contribution in [2.75, 3.05) is 41.9 Å². The summed E-state index contributed by atoms with van der Waals surface area (Å²) in [6, 6.07) is 22.8. The summed E-state index contributed by atoms with van der Waals surface area (Å²) in [5.74, 6) is 0.853. The number of methoxy groups -OCH3 is 1. The van der Waals surface area contributed by atoms with Gasteiger partial charge in [0.1, 0.15) is 5.75 Å². The molecule has 3 N–H and O–H groups in total. The normalized spacial score (nSPS) is 14.6. The molecular formula is C31H38N4O4. The summed E-state index contributed by atoms with van der Waals surface area (Å²) in [6.07, 6.45) is 1.71. The van der Waals surface area contributed by atoms with Gasteiger partial charge in [-0.25, -0.2) is 0 Å². The Kier molecular flexibility index (Phi) is 9.94. The van der Waals surface area contributed by atoms with Gasteiger partial charge in [0.25, 0.3) is 0 Å². The number of hydrogen-bond acceptors (Lipinski definition) is 6. The number of aliphatic hydroxyl groups is 1. The van der Waals surface area contributed by atoms with Crippen LogP contribution in [0.25, 0.3) is 0 Å². The SMILES string of the molecule is CCNc1cc(N2CCCC2=O)cc(N(C=O)[C@@H](Cc2ccccc2)[C@@H](O)CNCc2cccc(OC)c2)c1. The van der Waals surface area contributed by atoms with Gasteiger partial charge in [0.2, 0.25) is 12.3 Å². The van der Waals surface area contributed by atoms with Crippen LogP contribution in [0.5, 0.6) is 5.75 Å². The number of amides is 2. The molecule has 3 aromatic carbocycles. The van der Waals surface area contributed by atoms with Crippen LogP contribution in [0, 0.1) is 0 Å². The zero-order valence-electron chi connectivity index (χ0n) is 22.7. The summed E-state index contributed by atoms with van der Waals surface area (Å²) in [6.45, 7) is 4.18. The molecule has 1 aliphatic rings. The number of aliphatic hydroxyl groups excluding tert-OH is 1. The second kappa shape index (κ2) is 13.8. The van der Waals surface area contributed by atoms with Crippen LogP contribution in [-0.4, -0.2) is 56.3 Å². The summed E-state index contributed by atoms with van der Waals surface area (Å²) in [4.78, 5) is 28.5. The van der Waals surface area contributed by atoms with Crippen LogP contribution in [0.2, 0.25) is 0 Å². The van der Waals surface area contributed by atoms with E-state index in [1.807, 2.05) is 79.7 Å². The Morgan fingerprint density at radius 1 is 1.08 bits per heavy atom. The Balaban J connectivity index is 1.60. The molecule has 0 spiro atoms. The first-order valence-electron chi connectivity index (χ1n) is 13.5. The molecule has 206 valence electrons. The van der Waals surface area contributed by atoms with Gasteiger partial charge in [0, 0.05) is 49.7 Å². The molecule has 0 radical (unpaired) electrons. The standard InChI is InChI=1S/C31H38N4O4/c1-3-33-25-17-26(34-14-8-13-31(34)38)19-27(18-25)35(22-36)29(16-23-9-5-4-6-10-23)30(37)21-32-20-24-11-7-12-28(15-24)39-2/h4-7,9-12,15,17-19,22,29-30,32-33,37H,3,8,13-14,16,20-21H2,1-2H3/t29-,30-/m0/s1. The molecule has 2 amide bonds. The number of nitrogens with one attached hydrogen (secondary N) is 2. The lowest BCUT2D eigenvalue weighted by Crippen LogP contribution is -2.48. The number of hydrogen-bond donors (Lipinski definition) is 3. The zero-order chi connectivity index (χ0) is 27.6. The first-order valence-corrected chi connectivity index (χ1v) is 13.5. The topological polar surface area (TPSA) is 94.1 Å². The molecule has 2 atom stereocenters. The summed E-state index contributed by atoms with van der Waals surface area (Å²) in [7, 11) is 1.63. The summed E-state index contributed by atoms with van der Waals surface area (Å²) in [5.41, 5.74) is 4.25. The molecule has 8 nitrogen and oxygen atoms in total. The number of benzene rings is 3. The van der Waals surface area contributed by atoms with Crippen molar-refractivity contribution in [3.63, 3.8) is 0 Å². The van der Waals surface area contributed by atoms with E-state index in [2.05, 4.69) is 10.6 Å². The van der Waals surface area contributed by atoms with Gasteiger partial charge in [0.15, 0.2) is 0 Å². The van der Waals surface area contributed by atoms with Gasteiger partial charge in [-0.2, -0.15) is 0 Å². The Bertz CT molecular complexity index is 1240. The predicted octanol–water partition coefficient (Wildman–Crippen LogP) is 3.98. The average Bonchev–Trinajstić information content (AvgIpc) is 3.39. The Hall–Kier alpha value is -3.88. The molecule has 1 fully saturated rings. The summed E-state index contributed by atoms with van der Waals surface area (Å²) in [5, 5.41) is 18.1. The average molecular weight is 531 g/mol. The van der Waals surface area contributed by atoms with Crippen molar-refractivity contribution in [2.24, 2.45) is 0 Å². The van der Waals surface area contributed by atoms with Gasteiger partial charge in [-0.15, -0.1) is 0 Å². The maximum Gasteiger partial charge on any atom is 0.227 e. The quantitative estimate of drug-likeness (QED) is 0.273. The van der Waals surface area contributed by atoms with Gasteiger partial charge < -0.3 is 30.3 Å². The highest BCUT2D eigenvalue weighted by Gasteiger charge is 2.29. The Morgan fingerprint density at radius 3 is 2.56 bits per heavy atom. The maximum atomic E-state index is 12.7. The number of anilines is 3. The molecule has 4 rings (SSSR count). The minimum atomic E-state index is -0.860. The first-order chi connectivity index (χ1) is 19.0. The fraction of sp³-hybridized carbons (Fsp3) is 0.355. The van der Waals surface area contributed by atoms with Gasteiger partial charge >= 0.3 is 0 Å². The molecule has 1 heterocycles. The number of rotatable bonds is 14. The van der Waals surface area contributed by atoms with Crippen LogP contribution in [0.3, 0.4) is 0 Å². The third-order valence-electron chi connectivity index (χ3n) is 6.99. The Labute approximate surface area is 230 Å². The van der Waals surface area contributed by atoms with E-state index in [9.17, 15) is 14.7 Å². The van der Waals surface area contributed by atoms with Crippen molar-refractivity contribution in [3.05, 3.63) is 83.9 Å². The molecule has 0 aromatic heterocycles. The van der Waals surface area contributed by atoms with Crippen LogP contribution >= 0.6 is 0 Å². The van der Waals surface area contributed by atoms with E-state index in [1.165, 1.54) is 0 Å². The lowest BCUT2D eigenvalue weighted by molar-refractivity contribution is -0.117. The molecular weight excluding hydrogens is 492 g/mol. The minimum absolute atomic E-state index is 0.0786. The lowest BCUT2D eigenvalue weighted by Gasteiger charge is -2.33. The fourth-order valence-electron chi connectivity index (χ4n) is 5.02. The predicted molar refractivity (Wildman–Crippen MR) is 155 cm³/mol. The van der Waals surface area contributed by atoms with E-state index in [0.717, 1.165) is 41.1 Å². The highest BCUT2D eigenvalue weighted by Crippen LogP contribution is 2.32. The largest absolute Gasteiger partial charge is 0.497 e. The van der Waals surface area contributed by atoms with Crippen LogP contribution < -0.4 is 25.2 Å². The van der Waals surface area contributed by atoms with Gasteiger partial charge in [-0.1, -0.05) is 42.5 Å². The number of carbonyl (C=O) groups is 2. The van der Waals surface area contributed by atoms with Gasteiger partial charge in [-0.05, 0) is 61.2 Å². The zero-order valence-corrected chi connectivity index (χ0v) is 22.7. The molecule has 8 heteroatoms. The smallest absolute Gasteiger partial charge is 0.227 e. The van der Waals surface area contributed by atoms with Crippen molar-refractivity contribution in [1.29, 1.82) is 0 Å². The molecule has 39 heavy (non-hydrogen) atoms. The summed E-state index contributed by atoms with van der Waals surface area (Å²) < 4.78 is 5.31. The van der Waals surface area contributed by atoms with E-state index in [4.69, 9.17) is 4.74 Å².